The molecule has 1 aliphatic carbocycles. The van der Waals surface area contributed by atoms with Crippen LogP contribution in [0.15, 0.2) is 18.2 Å². The topological polar surface area (TPSA) is 0 Å². The molecule has 0 aliphatic heterocycles. The van der Waals surface area contributed by atoms with E-state index in [1.807, 2.05) is 0 Å². The second-order valence-corrected chi connectivity index (χ2v) is 3.82. The summed E-state index contributed by atoms with van der Waals surface area (Å²) in [4.78, 5) is 0. The van der Waals surface area contributed by atoms with E-state index in [2.05, 4.69) is 0 Å². The van der Waals surface area contributed by atoms with Crippen molar-refractivity contribution < 1.29 is 22.0 Å². The highest BCUT2D eigenvalue weighted by Crippen LogP contribution is 2.49. The summed E-state index contributed by atoms with van der Waals surface area (Å²) in [6.07, 6.45) is 0.785. The van der Waals surface area contributed by atoms with E-state index in [-0.39, 0.29) is 16.7 Å². The lowest BCUT2D eigenvalue weighted by Crippen LogP contribution is -2.39. The Morgan fingerprint density at radius 3 is 2.31 bits per heavy atom. The van der Waals surface area contributed by atoms with Gasteiger partial charge in [-0.3, -0.25) is 0 Å². The van der Waals surface area contributed by atoms with Crippen LogP contribution in [-0.4, -0.2) is 5.92 Å². The highest BCUT2D eigenvalue weighted by molar-refractivity contribution is 6.30. The number of fused-ring (bicyclic) bond motifs is 1. The van der Waals surface area contributed by atoms with Gasteiger partial charge in [-0.2, -0.15) is 17.6 Å². The van der Waals surface area contributed by atoms with Gasteiger partial charge in [0.25, 0.3) is 0 Å². The summed E-state index contributed by atoms with van der Waals surface area (Å²) in [5.74, 6) is -10.4. The Kier molecular flexibility index (Phi) is 2.28. The second-order valence-electron chi connectivity index (χ2n) is 3.38. The van der Waals surface area contributed by atoms with E-state index in [0.717, 1.165) is 12.1 Å². The first kappa shape index (κ1) is 11.4. The molecular formula is C10H4ClF5. The first-order valence-electron chi connectivity index (χ1n) is 4.20. The van der Waals surface area contributed by atoms with Gasteiger partial charge in [0, 0.05) is 5.02 Å². The number of benzene rings is 1. The van der Waals surface area contributed by atoms with E-state index in [0.29, 0.717) is 6.07 Å². The molecule has 6 heteroatoms. The summed E-state index contributed by atoms with van der Waals surface area (Å²) in [5.41, 5.74) is -1.65. The standard InChI is InChI=1S/C10H4ClF5/c11-6-3-5-1-2-9(13,14)10(15,16)8(5)7(12)4-6/h1-4H. The molecule has 0 amide bonds. The van der Waals surface area contributed by atoms with Crippen molar-refractivity contribution in [1.29, 1.82) is 0 Å². The van der Waals surface area contributed by atoms with Crippen LogP contribution in [0.5, 0.6) is 0 Å². The molecule has 0 heterocycles. The number of hydrogen-bond donors (Lipinski definition) is 0. The van der Waals surface area contributed by atoms with Gasteiger partial charge in [-0.05, 0) is 23.8 Å². The summed E-state index contributed by atoms with van der Waals surface area (Å²) in [7, 11) is 0. The summed E-state index contributed by atoms with van der Waals surface area (Å²) in [5, 5.41) is -0.123. The number of rotatable bonds is 0. The molecule has 0 N–H and O–H groups in total. The van der Waals surface area contributed by atoms with Crippen molar-refractivity contribution in [3.8, 4) is 0 Å². The third-order valence-corrected chi connectivity index (χ3v) is 2.51. The van der Waals surface area contributed by atoms with Crippen LogP contribution in [0.3, 0.4) is 0 Å². The van der Waals surface area contributed by atoms with Crippen LogP contribution in [-0.2, 0) is 5.92 Å². The first-order chi connectivity index (χ1) is 7.25. The fraction of sp³-hybridized carbons (Fsp3) is 0.200. The van der Waals surface area contributed by atoms with Crippen LogP contribution < -0.4 is 0 Å². The van der Waals surface area contributed by atoms with Crippen molar-refractivity contribution in [3.05, 3.63) is 40.2 Å². The molecule has 0 aromatic heterocycles. The van der Waals surface area contributed by atoms with Crippen LogP contribution >= 0.6 is 11.6 Å². The van der Waals surface area contributed by atoms with Gasteiger partial charge < -0.3 is 0 Å². The lowest BCUT2D eigenvalue weighted by molar-refractivity contribution is -0.189. The van der Waals surface area contributed by atoms with Crippen LogP contribution in [0.2, 0.25) is 5.02 Å². The molecule has 0 fully saturated rings. The summed E-state index contributed by atoms with van der Waals surface area (Å²) < 4.78 is 65.6. The van der Waals surface area contributed by atoms with Crippen LogP contribution in [0.1, 0.15) is 11.1 Å². The third-order valence-electron chi connectivity index (χ3n) is 2.29. The molecule has 16 heavy (non-hydrogen) atoms. The Labute approximate surface area is 92.3 Å². The minimum absolute atomic E-state index is 0.0467. The maximum Gasteiger partial charge on any atom is 0.342 e. The minimum Gasteiger partial charge on any atom is -0.206 e. The van der Waals surface area contributed by atoms with Crippen LogP contribution in [0.4, 0.5) is 22.0 Å². The smallest absolute Gasteiger partial charge is 0.206 e. The zero-order valence-corrected chi connectivity index (χ0v) is 8.33. The largest absolute Gasteiger partial charge is 0.342 e. The third kappa shape index (κ3) is 1.42. The molecule has 0 bridgehead atoms. The highest BCUT2D eigenvalue weighted by atomic mass is 35.5. The molecule has 0 nitrogen and oxygen atoms in total. The predicted molar refractivity (Wildman–Crippen MR) is 49.3 cm³/mol. The molecule has 0 atom stereocenters. The summed E-state index contributed by atoms with van der Waals surface area (Å²) in [6.45, 7) is 0. The van der Waals surface area contributed by atoms with Gasteiger partial charge in [0.15, 0.2) is 0 Å². The van der Waals surface area contributed by atoms with Gasteiger partial charge in [-0.15, -0.1) is 0 Å². The Bertz CT molecular complexity index is 478. The van der Waals surface area contributed by atoms with Gasteiger partial charge in [0.2, 0.25) is 0 Å². The summed E-state index contributed by atoms with van der Waals surface area (Å²) >= 11 is 5.44. The van der Waals surface area contributed by atoms with Crippen molar-refractivity contribution in [2.45, 2.75) is 11.8 Å². The molecule has 86 valence electrons. The highest BCUT2D eigenvalue weighted by Gasteiger charge is 2.59. The first-order valence-corrected chi connectivity index (χ1v) is 4.58. The molecule has 0 saturated carbocycles. The predicted octanol–water partition coefficient (Wildman–Crippen LogP) is 4.23. The van der Waals surface area contributed by atoms with E-state index in [9.17, 15) is 22.0 Å². The van der Waals surface area contributed by atoms with Gasteiger partial charge in [0.05, 0.1) is 5.56 Å². The van der Waals surface area contributed by atoms with Crippen molar-refractivity contribution >= 4 is 17.7 Å². The van der Waals surface area contributed by atoms with Crippen LogP contribution in [0, 0.1) is 5.82 Å². The lowest BCUT2D eigenvalue weighted by atomic mass is 9.91. The van der Waals surface area contributed by atoms with Gasteiger partial charge in [0.1, 0.15) is 5.82 Å². The maximum atomic E-state index is 13.3. The van der Waals surface area contributed by atoms with E-state index in [4.69, 9.17) is 11.6 Å². The Hall–Kier alpha value is -1.10. The number of halogens is 6. The molecule has 2 rings (SSSR count). The van der Waals surface area contributed by atoms with Gasteiger partial charge >= 0.3 is 11.8 Å². The Balaban J connectivity index is 2.75. The lowest BCUT2D eigenvalue weighted by Gasteiger charge is -2.29. The van der Waals surface area contributed by atoms with E-state index >= 15 is 0 Å². The average Bonchev–Trinajstić information content (AvgIpc) is 2.11. The van der Waals surface area contributed by atoms with E-state index in [1.165, 1.54) is 0 Å². The molecule has 1 aliphatic rings. The number of allylic oxidation sites excluding steroid dienone is 1. The van der Waals surface area contributed by atoms with Crippen molar-refractivity contribution in [2.24, 2.45) is 0 Å². The SMILES string of the molecule is Fc1cc(Cl)cc2c1C(F)(F)C(F)(F)C=C2. The normalized spacial score (nSPS) is 20.6. The zero-order valence-electron chi connectivity index (χ0n) is 7.58. The molecule has 0 spiro atoms. The average molecular weight is 255 g/mol. The number of alkyl halides is 4. The molecule has 1 aromatic rings. The number of hydrogen-bond acceptors (Lipinski definition) is 0. The van der Waals surface area contributed by atoms with E-state index < -0.39 is 23.2 Å². The van der Waals surface area contributed by atoms with Gasteiger partial charge in [-0.1, -0.05) is 17.7 Å². The maximum absolute atomic E-state index is 13.3. The van der Waals surface area contributed by atoms with Gasteiger partial charge in [-0.25, -0.2) is 4.39 Å². The molecular weight excluding hydrogens is 251 g/mol. The molecule has 0 saturated heterocycles. The van der Waals surface area contributed by atoms with Crippen LogP contribution in [0.25, 0.3) is 6.08 Å². The second kappa shape index (κ2) is 3.20. The monoisotopic (exact) mass is 254 g/mol. The molecule has 1 aromatic carbocycles. The quantitative estimate of drug-likeness (QED) is 0.608. The summed E-state index contributed by atoms with van der Waals surface area (Å²) in [6, 6.07) is 1.60. The Morgan fingerprint density at radius 1 is 1.06 bits per heavy atom. The minimum atomic E-state index is -4.56. The van der Waals surface area contributed by atoms with Crippen molar-refractivity contribution in [1.82, 2.24) is 0 Å². The van der Waals surface area contributed by atoms with Crippen molar-refractivity contribution in [3.63, 3.8) is 0 Å². The molecule has 0 radical (unpaired) electrons. The Morgan fingerprint density at radius 2 is 1.69 bits per heavy atom. The molecule has 0 unspecified atom stereocenters. The fourth-order valence-corrected chi connectivity index (χ4v) is 1.74. The zero-order chi connectivity index (χ0) is 12.1. The fourth-order valence-electron chi connectivity index (χ4n) is 1.52. The van der Waals surface area contributed by atoms with Crippen molar-refractivity contribution in [2.75, 3.05) is 0 Å². The van der Waals surface area contributed by atoms with E-state index in [1.54, 1.807) is 0 Å².